The van der Waals surface area contributed by atoms with Gasteiger partial charge in [-0.05, 0) is 29.5 Å². The number of aryl methyl sites for hydroxylation is 1. The fourth-order valence-electron chi connectivity index (χ4n) is 1.71. The van der Waals surface area contributed by atoms with Crippen molar-refractivity contribution in [3.8, 4) is 0 Å². The van der Waals surface area contributed by atoms with Gasteiger partial charge in [0.15, 0.2) is 0 Å². The van der Waals surface area contributed by atoms with Crippen molar-refractivity contribution < 1.29 is 0 Å². The van der Waals surface area contributed by atoms with Crippen LogP contribution in [0.5, 0.6) is 0 Å². The lowest BCUT2D eigenvalue weighted by Crippen LogP contribution is -2.04. The van der Waals surface area contributed by atoms with Crippen LogP contribution in [0, 0.1) is 6.92 Å². The number of rotatable bonds is 4. The Morgan fingerprint density at radius 2 is 2.21 bits per heavy atom. The first-order chi connectivity index (χ1) is 9.31. The van der Waals surface area contributed by atoms with Crippen molar-refractivity contribution in [3.63, 3.8) is 0 Å². The third kappa shape index (κ3) is 2.82. The van der Waals surface area contributed by atoms with Gasteiger partial charge in [0.25, 0.3) is 0 Å². The normalized spacial score (nSPS) is 10.8. The molecule has 7 heteroatoms. The predicted molar refractivity (Wildman–Crippen MR) is 70.8 cm³/mol. The van der Waals surface area contributed by atoms with Gasteiger partial charge in [-0.2, -0.15) is 0 Å². The summed E-state index contributed by atoms with van der Waals surface area (Å²) in [6.07, 6.45) is 2.56. The van der Waals surface area contributed by atoms with Crippen LogP contribution in [0.1, 0.15) is 22.2 Å². The molecular weight excluding hydrogens is 260 g/mol. The molecule has 0 unspecified atom stereocenters. The van der Waals surface area contributed by atoms with Crippen molar-refractivity contribution in [1.29, 1.82) is 0 Å². The second-order valence-electron chi connectivity index (χ2n) is 4.11. The molecule has 0 bridgehead atoms. The van der Waals surface area contributed by atoms with Gasteiger partial charge in [0.05, 0.1) is 17.2 Å². The summed E-state index contributed by atoms with van der Waals surface area (Å²) in [5.41, 5.74) is 2.01. The van der Waals surface area contributed by atoms with E-state index >= 15 is 0 Å². The van der Waals surface area contributed by atoms with Gasteiger partial charge in [-0.15, -0.1) is 16.4 Å². The van der Waals surface area contributed by atoms with Gasteiger partial charge in [0, 0.05) is 23.7 Å². The van der Waals surface area contributed by atoms with Gasteiger partial charge >= 0.3 is 0 Å². The van der Waals surface area contributed by atoms with E-state index in [-0.39, 0.29) is 0 Å². The second-order valence-corrected chi connectivity index (χ2v) is 5.06. The van der Waals surface area contributed by atoms with Gasteiger partial charge < -0.3 is 0 Å². The average Bonchev–Trinajstić information content (AvgIpc) is 3.02. The lowest BCUT2D eigenvalue weighted by atomic mass is 10.3. The van der Waals surface area contributed by atoms with Crippen LogP contribution < -0.4 is 0 Å². The molecule has 19 heavy (non-hydrogen) atoms. The molecule has 0 saturated heterocycles. The molecular formula is C12H12N6S. The van der Waals surface area contributed by atoms with Gasteiger partial charge in [0.1, 0.15) is 5.82 Å². The molecule has 3 rings (SSSR count). The molecule has 3 heterocycles. The smallest absolute Gasteiger partial charge is 0.148 e. The van der Waals surface area contributed by atoms with Crippen LogP contribution >= 0.6 is 11.3 Å². The van der Waals surface area contributed by atoms with Crippen molar-refractivity contribution in [2.75, 3.05) is 0 Å². The molecule has 0 atom stereocenters. The number of hydrogen-bond donors (Lipinski definition) is 0. The quantitative estimate of drug-likeness (QED) is 0.719. The monoisotopic (exact) mass is 272 g/mol. The highest BCUT2D eigenvalue weighted by Crippen LogP contribution is 2.14. The molecule has 0 saturated carbocycles. The van der Waals surface area contributed by atoms with Gasteiger partial charge in [-0.25, -0.2) is 9.67 Å². The van der Waals surface area contributed by atoms with Crippen LogP contribution in [0.3, 0.4) is 0 Å². The third-order valence-corrected chi connectivity index (χ3v) is 3.58. The van der Waals surface area contributed by atoms with E-state index in [1.165, 1.54) is 0 Å². The molecule has 0 amide bonds. The maximum Gasteiger partial charge on any atom is 0.148 e. The lowest BCUT2D eigenvalue weighted by Gasteiger charge is -1.98. The zero-order valence-corrected chi connectivity index (χ0v) is 11.2. The minimum absolute atomic E-state index is 0.609. The van der Waals surface area contributed by atoms with Crippen molar-refractivity contribution in [1.82, 2.24) is 30.2 Å². The van der Waals surface area contributed by atoms with Crippen LogP contribution in [-0.2, 0) is 13.0 Å². The Balaban J connectivity index is 1.72. The Hall–Kier alpha value is -2.15. The maximum absolute atomic E-state index is 4.58. The standard InChI is InChI=1S/C12H12N6S/c1-9-15-16-17-18(9)7-11-8-19-12(14-11)6-10-4-2-3-5-13-10/h2-5,8H,6-7H2,1H3. The number of nitrogens with zero attached hydrogens (tertiary/aromatic N) is 6. The highest BCUT2D eigenvalue weighted by molar-refractivity contribution is 7.09. The summed E-state index contributed by atoms with van der Waals surface area (Å²) in [6.45, 7) is 2.48. The van der Waals surface area contributed by atoms with Crippen LogP contribution in [0.4, 0.5) is 0 Å². The van der Waals surface area contributed by atoms with E-state index in [2.05, 4.69) is 25.5 Å². The summed E-state index contributed by atoms with van der Waals surface area (Å²) in [5.74, 6) is 0.791. The van der Waals surface area contributed by atoms with E-state index in [1.54, 1.807) is 22.2 Å². The molecule has 0 aliphatic carbocycles. The SMILES string of the molecule is Cc1nnnn1Cc1csc(Cc2ccccn2)n1. The van der Waals surface area contributed by atoms with E-state index in [1.807, 2.05) is 30.5 Å². The highest BCUT2D eigenvalue weighted by Gasteiger charge is 2.07. The molecule has 0 spiro atoms. The summed E-state index contributed by atoms with van der Waals surface area (Å²) in [5, 5.41) is 14.5. The minimum atomic E-state index is 0.609. The van der Waals surface area contributed by atoms with E-state index in [0.717, 1.165) is 28.6 Å². The van der Waals surface area contributed by atoms with E-state index in [0.29, 0.717) is 6.54 Å². The topological polar surface area (TPSA) is 69.4 Å². The maximum atomic E-state index is 4.58. The molecule has 0 aliphatic heterocycles. The molecule has 96 valence electrons. The summed E-state index contributed by atoms with van der Waals surface area (Å²) < 4.78 is 1.74. The van der Waals surface area contributed by atoms with Gasteiger partial charge in [-0.1, -0.05) is 6.07 Å². The molecule has 3 aromatic rings. The summed E-state index contributed by atoms with van der Waals surface area (Å²) >= 11 is 1.64. The minimum Gasteiger partial charge on any atom is -0.261 e. The van der Waals surface area contributed by atoms with Crippen molar-refractivity contribution in [2.45, 2.75) is 19.9 Å². The van der Waals surface area contributed by atoms with Crippen LogP contribution in [0.15, 0.2) is 29.8 Å². The Bertz CT molecular complexity index is 660. The highest BCUT2D eigenvalue weighted by atomic mass is 32.1. The van der Waals surface area contributed by atoms with E-state index in [9.17, 15) is 0 Å². The number of thiazole rings is 1. The summed E-state index contributed by atoms with van der Waals surface area (Å²) in [7, 11) is 0. The summed E-state index contributed by atoms with van der Waals surface area (Å²) in [4.78, 5) is 8.89. The van der Waals surface area contributed by atoms with Gasteiger partial charge in [-0.3, -0.25) is 4.98 Å². The number of pyridine rings is 1. The molecule has 0 fully saturated rings. The zero-order chi connectivity index (χ0) is 13.1. The first kappa shape index (κ1) is 11.9. The first-order valence-corrected chi connectivity index (χ1v) is 6.75. The van der Waals surface area contributed by atoms with Crippen LogP contribution in [0.25, 0.3) is 0 Å². The number of hydrogen-bond acceptors (Lipinski definition) is 6. The Morgan fingerprint density at radius 3 is 2.95 bits per heavy atom. The van der Waals surface area contributed by atoms with Crippen LogP contribution in [0.2, 0.25) is 0 Å². The molecule has 0 radical (unpaired) electrons. The Labute approximate surface area is 114 Å². The molecule has 0 aliphatic rings. The average molecular weight is 272 g/mol. The third-order valence-electron chi connectivity index (χ3n) is 2.68. The fraction of sp³-hybridized carbons (Fsp3) is 0.250. The van der Waals surface area contributed by atoms with Gasteiger partial charge in [0.2, 0.25) is 0 Å². The van der Waals surface area contributed by atoms with Crippen molar-refractivity contribution >= 4 is 11.3 Å². The molecule has 0 N–H and O–H groups in total. The number of tetrazole rings is 1. The second kappa shape index (κ2) is 5.23. The Kier molecular flexibility index (Phi) is 3.28. The molecule has 6 nitrogen and oxygen atoms in total. The van der Waals surface area contributed by atoms with E-state index < -0.39 is 0 Å². The predicted octanol–water partition coefficient (Wildman–Crippen LogP) is 1.47. The van der Waals surface area contributed by atoms with Crippen molar-refractivity contribution in [2.24, 2.45) is 0 Å². The van der Waals surface area contributed by atoms with Crippen LogP contribution in [-0.4, -0.2) is 30.2 Å². The largest absolute Gasteiger partial charge is 0.261 e. The first-order valence-electron chi connectivity index (χ1n) is 5.87. The molecule has 3 aromatic heterocycles. The molecule has 0 aromatic carbocycles. The lowest BCUT2D eigenvalue weighted by molar-refractivity contribution is 0.624. The van der Waals surface area contributed by atoms with E-state index in [4.69, 9.17) is 0 Å². The summed E-state index contributed by atoms with van der Waals surface area (Å²) in [6, 6.07) is 5.91. The fourth-order valence-corrected chi connectivity index (χ4v) is 2.51. The zero-order valence-electron chi connectivity index (χ0n) is 10.4. The van der Waals surface area contributed by atoms with Crippen molar-refractivity contribution in [3.05, 3.63) is 52.0 Å². The Morgan fingerprint density at radius 1 is 1.26 bits per heavy atom. The number of aromatic nitrogens is 6.